The molecule has 41 heavy (non-hydrogen) atoms. The van der Waals surface area contributed by atoms with Gasteiger partial charge in [-0.15, -0.1) is 0 Å². The van der Waals surface area contributed by atoms with Gasteiger partial charge in [-0.3, -0.25) is 14.6 Å². The van der Waals surface area contributed by atoms with Gasteiger partial charge in [0.05, 0.1) is 17.1 Å². The molecule has 0 radical (unpaired) electrons. The molecule has 1 aliphatic heterocycles. The van der Waals surface area contributed by atoms with Crippen molar-refractivity contribution < 1.29 is 18.8 Å². The fraction of sp³-hybridized carbons (Fsp3) is 0.0909. The van der Waals surface area contributed by atoms with E-state index >= 15 is 0 Å². The number of aromatic amines is 1. The Morgan fingerprint density at radius 2 is 1.29 bits per heavy atom. The number of rotatable bonds is 7. The summed E-state index contributed by atoms with van der Waals surface area (Å²) in [6.07, 6.45) is 2.45. The third kappa shape index (κ3) is 4.91. The second kappa shape index (κ2) is 11.0. The number of hydrogen-bond acceptors (Lipinski definition) is 4. The number of amides is 4. The lowest BCUT2D eigenvalue weighted by Crippen LogP contribution is -2.62. The van der Waals surface area contributed by atoms with E-state index in [1.54, 1.807) is 60.7 Å². The van der Waals surface area contributed by atoms with E-state index in [-0.39, 0.29) is 12.3 Å². The summed E-state index contributed by atoms with van der Waals surface area (Å²) >= 11 is 0. The number of nitrogens with zero attached hydrogens (tertiary/aromatic N) is 3. The van der Waals surface area contributed by atoms with Crippen LogP contribution in [0.4, 0.5) is 20.6 Å². The van der Waals surface area contributed by atoms with E-state index in [0.29, 0.717) is 23.4 Å². The van der Waals surface area contributed by atoms with Crippen molar-refractivity contribution in [3.8, 4) is 0 Å². The summed E-state index contributed by atoms with van der Waals surface area (Å²) in [5.74, 6) is -3.32. The Hall–Kier alpha value is -5.37. The second-order valence-electron chi connectivity index (χ2n) is 9.62. The number of barbiturate groups is 1. The number of imide groups is 2. The molecule has 7 nitrogen and oxygen atoms in total. The van der Waals surface area contributed by atoms with Crippen LogP contribution in [0.5, 0.6) is 0 Å². The third-order valence-corrected chi connectivity index (χ3v) is 7.10. The van der Waals surface area contributed by atoms with Crippen molar-refractivity contribution in [3.05, 3.63) is 132 Å². The average Bonchev–Trinajstić information content (AvgIpc) is 3.41. The largest absolute Gasteiger partial charge is 0.361 e. The molecule has 1 fully saturated rings. The zero-order valence-electron chi connectivity index (χ0n) is 21.9. The van der Waals surface area contributed by atoms with Crippen LogP contribution in [0.3, 0.4) is 0 Å². The molecule has 2 heterocycles. The number of hydrogen-bond donors (Lipinski definition) is 1. The van der Waals surface area contributed by atoms with Crippen LogP contribution in [0.25, 0.3) is 10.9 Å². The van der Waals surface area contributed by atoms with E-state index in [1.807, 2.05) is 30.5 Å². The first-order valence-corrected chi connectivity index (χ1v) is 13.2. The van der Waals surface area contributed by atoms with Crippen LogP contribution in [-0.2, 0) is 16.0 Å². The number of para-hydroxylation sites is 3. The van der Waals surface area contributed by atoms with Crippen molar-refractivity contribution >= 4 is 45.8 Å². The van der Waals surface area contributed by atoms with Gasteiger partial charge >= 0.3 is 6.03 Å². The highest BCUT2D eigenvalue weighted by Gasteiger charge is 2.49. The number of anilines is 2. The Morgan fingerprint density at radius 3 is 1.90 bits per heavy atom. The SMILES string of the molecule is O=C1C(C(=NCCc2c[nH]c3ccccc23)c2ccc(F)cc2)C(=O)N(c2ccccc2)C(=O)N1c1ccccc1. The van der Waals surface area contributed by atoms with E-state index in [1.165, 1.54) is 24.3 Å². The van der Waals surface area contributed by atoms with E-state index in [4.69, 9.17) is 4.99 Å². The Bertz CT molecular complexity index is 1700. The number of nitrogens with one attached hydrogen (secondary N) is 1. The predicted octanol–water partition coefficient (Wildman–Crippen LogP) is 6.16. The van der Waals surface area contributed by atoms with Gasteiger partial charge in [0.25, 0.3) is 11.8 Å². The Morgan fingerprint density at radius 1 is 0.732 bits per heavy atom. The molecule has 6 rings (SSSR count). The highest BCUT2D eigenvalue weighted by Crippen LogP contribution is 2.31. The zero-order chi connectivity index (χ0) is 28.3. The minimum atomic E-state index is -1.43. The molecule has 5 aromatic rings. The molecule has 4 aromatic carbocycles. The normalized spacial score (nSPS) is 14.8. The van der Waals surface area contributed by atoms with Gasteiger partial charge in [0, 0.05) is 23.6 Å². The van der Waals surface area contributed by atoms with Gasteiger partial charge in [0.15, 0.2) is 5.92 Å². The van der Waals surface area contributed by atoms with Crippen LogP contribution in [0.1, 0.15) is 11.1 Å². The molecule has 0 aliphatic carbocycles. The van der Waals surface area contributed by atoms with Gasteiger partial charge in [0.1, 0.15) is 5.82 Å². The number of aromatic nitrogens is 1. The molecule has 0 spiro atoms. The van der Waals surface area contributed by atoms with Crippen LogP contribution in [0.2, 0.25) is 0 Å². The maximum Gasteiger partial charge on any atom is 0.342 e. The maximum atomic E-state index is 14.1. The van der Waals surface area contributed by atoms with Crippen molar-refractivity contribution in [1.82, 2.24) is 4.98 Å². The van der Waals surface area contributed by atoms with Crippen molar-refractivity contribution in [2.45, 2.75) is 6.42 Å². The first-order chi connectivity index (χ1) is 20.0. The number of H-pyrrole nitrogens is 1. The van der Waals surface area contributed by atoms with Crippen LogP contribution in [-0.4, -0.2) is 35.1 Å². The first kappa shape index (κ1) is 25.9. The average molecular weight is 545 g/mol. The lowest BCUT2D eigenvalue weighted by Gasteiger charge is -2.37. The summed E-state index contributed by atoms with van der Waals surface area (Å²) in [6.45, 7) is 0.260. The molecular weight excluding hydrogens is 519 g/mol. The maximum absolute atomic E-state index is 14.1. The van der Waals surface area contributed by atoms with Crippen molar-refractivity contribution in [2.75, 3.05) is 16.3 Å². The molecule has 8 heteroatoms. The Kier molecular flexibility index (Phi) is 6.95. The van der Waals surface area contributed by atoms with Gasteiger partial charge in [0.2, 0.25) is 0 Å². The van der Waals surface area contributed by atoms with Gasteiger partial charge in [-0.2, -0.15) is 0 Å². The predicted molar refractivity (Wildman–Crippen MR) is 157 cm³/mol. The quantitative estimate of drug-likeness (QED) is 0.197. The number of halogens is 1. The first-order valence-electron chi connectivity index (χ1n) is 13.2. The molecule has 1 aliphatic rings. The molecule has 0 atom stereocenters. The lowest BCUT2D eigenvalue weighted by molar-refractivity contribution is -0.129. The molecular formula is C33H25FN4O3. The van der Waals surface area contributed by atoms with Crippen molar-refractivity contribution in [2.24, 2.45) is 10.9 Å². The molecule has 0 unspecified atom stereocenters. The number of fused-ring (bicyclic) bond motifs is 1. The van der Waals surface area contributed by atoms with Crippen LogP contribution in [0.15, 0.2) is 120 Å². The zero-order valence-corrected chi connectivity index (χ0v) is 21.9. The molecule has 1 aromatic heterocycles. The number of aliphatic imine (C=N–C) groups is 1. The second-order valence-corrected chi connectivity index (χ2v) is 9.62. The standard InChI is InChI=1S/C33H25FN4O3/c34-24-17-15-22(16-18-24)30(35-20-19-23-21-36-28-14-8-7-13-27(23)28)29-31(39)37(25-9-3-1-4-10-25)33(41)38(32(29)40)26-11-5-2-6-12-26/h1-18,21,29,36H,19-20H2. The summed E-state index contributed by atoms with van der Waals surface area (Å²) in [4.78, 5) is 51.9. The van der Waals surface area contributed by atoms with Crippen molar-refractivity contribution in [1.29, 1.82) is 0 Å². The molecule has 1 N–H and O–H groups in total. The minimum absolute atomic E-state index is 0.175. The van der Waals surface area contributed by atoms with Gasteiger partial charge < -0.3 is 4.98 Å². The van der Waals surface area contributed by atoms with E-state index in [2.05, 4.69) is 4.98 Å². The van der Waals surface area contributed by atoms with E-state index in [9.17, 15) is 18.8 Å². The molecule has 0 bridgehead atoms. The fourth-order valence-corrected chi connectivity index (χ4v) is 5.12. The Labute approximate surface area is 235 Å². The van der Waals surface area contributed by atoms with Crippen LogP contribution in [0, 0.1) is 11.7 Å². The highest BCUT2D eigenvalue weighted by molar-refractivity contribution is 6.43. The van der Waals surface area contributed by atoms with Gasteiger partial charge in [-0.1, -0.05) is 66.7 Å². The van der Waals surface area contributed by atoms with Crippen LogP contribution < -0.4 is 9.80 Å². The van der Waals surface area contributed by atoms with E-state index < -0.39 is 29.6 Å². The summed E-state index contributed by atoms with van der Waals surface area (Å²) in [5.41, 5.74) is 3.30. The molecule has 4 amide bonds. The van der Waals surface area contributed by atoms with Gasteiger partial charge in [-0.05, 0) is 60.0 Å². The summed E-state index contributed by atoms with van der Waals surface area (Å²) in [6, 6.07) is 29.6. The summed E-state index contributed by atoms with van der Waals surface area (Å²) < 4.78 is 13.9. The third-order valence-electron chi connectivity index (χ3n) is 7.10. The molecule has 202 valence electrons. The number of urea groups is 1. The molecule has 0 saturated carbocycles. The van der Waals surface area contributed by atoms with E-state index in [0.717, 1.165) is 26.3 Å². The monoisotopic (exact) mass is 544 g/mol. The highest BCUT2D eigenvalue weighted by atomic mass is 19.1. The lowest BCUT2D eigenvalue weighted by atomic mass is 9.91. The smallest absolute Gasteiger partial charge is 0.342 e. The number of carbonyl (C=O) groups excluding carboxylic acids is 3. The molecule has 1 saturated heterocycles. The van der Waals surface area contributed by atoms with Crippen molar-refractivity contribution in [3.63, 3.8) is 0 Å². The fourth-order valence-electron chi connectivity index (χ4n) is 5.12. The summed E-state index contributed by atoms with van der Waals surface area (Å²) in [5, 5.41) is 1.06. The van der Waals surface area contributed by atoms with Crippen LogP contribution >= 0.6 is 0 Å². The topological polar surface area (TPSA) is 85.8 Å². The summed E-state index contributed by atoms with van der Waals surface area (Å²) in [7, 11) is 0. The number of carbonyl (C=O) groups is 3. The number of benzene rings is 4. The Balaban J connectivity index is 1.44. The van der Waals surface area contributed by atoms with Gasteiger partial charge in [-0.25, -0.2) is 19.0 Å². The minimum Gasteiger partial charge on any atom is -0.361 e.